The monoisotopic (exact) mass is 318 g/mol. The number of nitro benzene ring substituents is 1. The largest absolute Gasteiger partial charge is 0.322 e. The lowest BCUT2D eigenvalue weighted by molar-refractivity contribution is -0.385. The van der Waals surface area contributed by atoms with Gasteiger partial charge in [0.05, 0.1) is 4.92 Å². The lowest BCUT2D eigenvalue weighted by atomic mass is 10.1. The molecule has 1 amide bonds. The number of hydrogen-bond donors (Lipinski definition) is 1. The fourth-order valence-electron chi connectivity index (χ4n) is 2.02. The number of benzene rings is 2. The molecule has 0 aliphatic rings. The molecule has 114 valence electrons. The van der Waals surface area contributed by atoms with E-state index >= 15 is 0 Å². The van der Waals surface area contributed by atoms with Crippen LogP contribution in [0.15, 0.2) is 47.4 Å². The molecule has 0 unspecified atom stereocenters. The Hall–Kier alpha value is -2.54. The fraction of sp³-hybridized carbons (Fsp3) is 0.133. The average molecular weight is 318 g/mol. The highest BCUT2D eigenvalue weighted by Gasteiger charge is 2.18. The van der Waals surface area contributed by atoms with E-state index in [1.165, 1.54) is 25.1 Å². The Kier molecular flexibility index (Phi) is 4.67. The third kappa shape index (κ3) is 3.37. The van der Waals surface area contributed by atoms with Gasteiger partial charge in [0, 0.05) is 44.8 Å². The number of carbonyl (C=O) groups is 1. The number of nitrogens with zero attached hydrogens (tertiary/aromatic N) is 1. The zero-order chi connectivity index (χ0) is 16.3. The predicted molar refractivity (Wildman–Crippen MR) is 84.6 cm³/mol. The maximum Gasteiger partial charge on any atom is 0.273 e. The Labute approximate surface area is 129 Å². The highest BCUT2D eigenvalue weighted by Crippen LogP contribution is 2.22. The van der Waals surface area contributed by atoms with Crippen LogP contribution in [0.1, 0.15) is 15.9 Å². The van der Waals surface area contributed by atoms with E-state index in [9.17, 15) is 19.1 Å². The summed E-state index contributed by atoms with van der Waals surface area (Å²) in [4.78, 5) is 23.3. The third-order valence-corrected chi connectivity index (χ3v) is 4.09. The van der Waals surface area contributed by atoms with Gasteiger partial charge in [0.1, 0.15) is 0 Å². The Morgan fingerprint density at radius 1 is 1.23 bits per heavy atom. The molecule has 2 aromatic carbocycles. The van der Waals surface area contributed by atoms with Gasteiger partial charge in [-0.1, -0.05) is 12.1 Å². The lowest BCUT2D eigenvalue weighted by Gasteiger charge is -2.08. The molecule has 0 saturated heterocycles. The van der Waals surface area contributed by atoms with Crippen molar-refractivity contribution in [3.8, 4) is 0 Å². The van der Waals surface area contributed by atoms with Crippen LogP contribution in [0, 0.1) is 17.0 Å². The van der Waals surface area contributed by atoms with E-state index in [1.807, 2.05) is 0 Å². The standard InChI is InChI=1S/C15H14N2O4S/c1-10-13(7-4-8-14(10)17(19)20)15(18)16-11-5-3-6-12(9-11)22(2)21/h3-9H,1-2H3,(H,16,18)/t22-/m1/s1. The lowest BCUT2D eigenvalue weighted by Crippen LogP contribution is -2.14. The first kappa shape index (κ1) is 15.8. The van der Waals surface area contributed by atoms with Gasteiger partial charge in [-0.2, -0.15) is 0 Å². The SMILES string of the molecule is Cc1c(C(=O)Nc2cccc([S@@](C)=O)c2)cccc1[N+](=O)[O-]. The molecule has 0 aliphatic carbocycles. The van der Waals surface area contributed by atoms with E-state index in [0.717, 1.165) is 0 Å². The van der Waals surface area contributed by atoms with Crippen LogP contribution in [0.3, 0.4) is 0 Å². The topological polar surface area (TPSA) is 89.3 Å². The molecular formula is C15H14N2O4S. The summed E-state index contributed by atoms with van der Waals surface area (Å²) >= 11 is 0. The summed E-state index contributed by atoms with van der Waals surface area (Å²) in [7, 11) is -1.15. The van der Waals surface area contributed by atoms with Gasteiger partial charge in [0.25, 0.3) is 11.6 Å². The van der Waals surface area contributed by atoms with Crippen molar-refractivity contribution >= 4 is 28.1 Å². The summed E-state index contributed by atoms with van der Waals surface area (Å²) in [6.45, 7) is 1.53. The van der Waals surface area contributed by atoms with Crippen molar-refractivity contribution in [2.24, 2.45) is 0 Å². The maximum atomic E-state index is 12.3. The molecule has 1 N–H and O–H groups in total. The maximum absolute atomic E-state index is 12.3. The van der Waals surface area contributed by atoms with Crippen LogP contribution >= 0.6 is 0 Å². The van der Waals surface area contributed by atoms with E-state index in [0.29, 0.717) is 16.1 Å². The quantitative estimate of drug-likeness (QED) is 0.693. The minimum atomic E-state index is -1.15. The second-order valence-corrected chi connectivity index (χ2v) is 6.02. The predicted octanol–water partition coefficient (Wildman–Crippen LogP) is 2.89. The molecule has 2 aromatic rings. The summed E-state index contributed by atoms with van der Waals surface area (Å²) in [5, 5.41) is 13.6. The molecule has 0 radical (unpaired) electrons. The Morgan fingerprint density at radius 3 is 2.55 bits per heavy atom. The van der Waals surface area contributed by atoms with Crippen molar-refractivity contribution in [3.05, 3.63) is 63.7 Å². The second kappa shape index (κ2) is 6.48. The average Bonchev–Trinajstić information content (AvgIpc) is 2.47. The van der Waals surface area contributed by atoms with Crippen molar-refractivity contribution in [3.63, 3.8) is 0 Å². The molecule has 7 heteroatoms. The number of rotatable bonds is 4. The van der Waals surface area contributed by atoms with Crippen LogP contribution in [0.25, 0.3) is 0 Å². The fourth-order valence-corrected chi connectivity index (χ4v) is 2.58. The summed E-state index contributed by atoms with van der Waals surface area (Å²) in [6.07, 6.45) is 1.55. The molecule has 0 aliphatic heterocycles. The van der Waals surface area contributed by atoms with Crippen LogP contribution in [-0.4, -0.2) is 21.3 Å². The smallest absolute Gasteiger partial charge is 0.273 e. The Balaban J connectivity index is 2.30. The van der Waals surface area contributed by atoms with Crippen LogP contribution in [0.5, 0.6) is 0 Å². The van der Waals surface area contributed by atoms with E-state index < -0.39 is 21.6 Å². The zero-order valence-electron chi connectivity index (χ0n) is 12.0. The van der Waals surface area contributed by atoms with Crippen LogP contribution in [0.2, 0.25) is 0 Å². The van der Waals surface area contributed by atoms with Gasteiger partial charge < -0.3 is 5.32 Å². The van der Waals surface area contributed by atoms with Crippen LogP contribution in [-0.2, 0) is 10.8 Å². The number of hydrogen-bond acceptors (Lipinski definition) is 4. The molecule has 0 saturated carbocycles. The van der Waals surface area contributed by atoms with Gasteiger partial charge in [0.15, 0.2) is 0 Å². The van der Waals surface area contributed by atoms with Crippen molar-refractivity contribution < 1.29 is 13.9 Å². The van der Waals surface area contributed by atoms with Crippen molar-refractivity contribution in [2.75, 3.05) is 11.6 Å². The first-order valence-corrected chi connectivity index (χ1v) is 7.95. The van der Waals surface area contributed by atoms with E-state index in [2.05, 4.69) is 5.32 Å². The summed E-state index contributed by atoms with van der Waals surface area (Å²) in [5.74, 6) is -0.444. The highest BCUT2D eigenvalue weighted by molar-refractivity contribution is 7.84. The number of carbonyl (C=O) groups excluding carboxylic acids is 1. The van der Waals surface area contributed by atoms with Gasteiger partial charge in [-0.15, -0.1) is 0 Å². The highest BCUT2D eigenvalue weighted by atomic mass is 32.2. The Bertz CT molecular complexity index is 774. The molecule has 0 heterocycles. The van der Waals surface area contributed by atoms with Crippen molar-refractivity contribution in [2.45, 2.75) is 11.8 Å². The Morgan fingerprint density at radius 2 is 1.91 bits per heavy atom. The summed E-state index contributed by atoms with van der Waals surface area (Å²) in [5.41, 5.74) is 0.928. The first-order chi connectivity index (χ1) is 10.4. The van der Waals surface area contributed by atoms with Gasteiger partial charge in [-0.3, -0.25) is 19.1 Å². The van der Waals surface area contributed by atoms with Crippen LogP contribution < -0.4 is 5.32 Å². The molecule has 0 fully saturated rings. The normalized spacial score (nSPS) is 11.7. The van der Waals surface area contributed by atoms with Crippen molar-refractivity contribution in [1.82, 2.24) is 0 Å². The number of nitrogens with one attached hydrogen (secondary N) is 1. The summed E-state index contributed by atoms with van der Waals surface area (Å²) < 4.78 is 11.5. The number of nitro groups is 1. The third-order valence-electron chi connectivity index (χ3n) is 3.17. The molecule has 0 bridgehead atoms. The molecular weight excluding hydrogens is 304 g/mol. The molecule has 2 rings (SSSR count). The molecule has 0 aromatic heterocycles. The van der Waals surface area contributed by atoms with Gasteiger partial charge in [-0.05, 0) is 31.2 Å². The van der Waals surface area contributed by atoms with E-state index in [1.54, 1.807) is 30.5 Å². The van der Waals surface area contributed by atoms with Crippen LogP contribution in [0.4, 0.5) is 11.4 Å². The van der Waals surface area contributed by atoms with E-state index in [4.69, 9.17) is 0 Å². The van der Waals surface area contributed by atoms with Gasteiger partial charge in [0.2, 0.25) is 0 Å². The molecule has 1 atom stereocenters. The number of anilines is 1. The first-order valence-electron chi connectivity index (χ1n) is 6.39. The minimum Gasteiger partial charge on any atom is -0.322 e. The molecule has 6 nitrogen and oxygen atoms in total. The van der Waals surface area contributed by atoms with Gasteiger partial charge in [-0.25, -0.2) is 0 Å². The molecule has 0 spiro atoms. The number of amides is 1. The van der Waals surface area contributed by atoms with Gasteiger partial charge >= 0.3 is 0 Å². The van der Waals surface area contributed by atoms with E-state index in [-0.39, 0.29) is 11.3 Å². The summed E-state index contributed by atoms with van der Waals surface area (Å²) in [6, 6.07) is 11.0. The minimum absolute atomic E-state index is 0.101. The second-order valence-electron chi connectivity index (χ2n) is 4.64. The van der Waals surface area contributed by atoms with Crippen molar-refractivity contribution in [1.29, 1.82) is 0 Å². The molecule has 22 heavy (non-hydrogen) atoms. The zero-order valence-corrected chi connectivity index (χ0v) is 12.8.